The molecule has 4 aromatic rings. The van der Waals surface area contributed by atoms with Crippen LogP contribution < -0.4 is 15.5 Å². The topological polar surface area (TPSA) is 59.4 Å². The van der Waals surface area contributed by atoms with Crippen molar-refractivity contribution in [2.75, 3.05) is 25.5 Å². The van der Waals surface area contributed by atoms with Crippen molar-refractivity contribution in [1.29, 1.82) is 0 Å². The van der Waals surface area contributed by atoms with Crippen molar-refractivity contribution in [2.24, 2.45) is 0 Å². The van der Waals surface area contributed by atoms with E-state index < -0.39 is 0 Å². The summed E-state index contributed by atoms with van der Waals surface area (Å²) in [5, 5.41) is 5.28. The van der Waals surface area contributed by atoms with Crippen molar-refractivity contribution in [3.8, 4) is 11.5 Å². The van der Waals surface area contributed by atoms with E-state index in [4.69, 9.17) is 16.3 Å². The number of para-hydroxylation sites is 1. The fourth-order valence-corrected chi connectivity index (χ4v) is 4.45. The largest absolute Gasteiger partial charge is 0.452 e. The van der Waals surface area contributed by atoms with Crippen LogP contribution in [0.1, 0.15) is 31.0 Å². The lowest BCUT2D eigenvalue weighted by atomic mass is 10.2. The second-order valence-electron chi connectivity index (χ2n) is 9.08. The average molecular weight is 489 g/mol. The van der Waals surface area contributed by atoms with E-state index in [-0.39, 0.29) is 5.43 Å². The summed E-state index contributed by atoms with van der Waals surface area (Å²) in [6.45, 7) is 2.46. The third-order valence-electron chi connectivity index (χ3n) is 6.21. The molecule has 6 nitrogen and oxygen atoms in total. The van der Waals surface area contributed by atoms with Gasteiger partial charge in [-0.2, -0.15) is 0 Å². The molecule has 0 saturated heterocycles. The molecular formula is C28H29ClN4O2. The Morgan fingerprint density at radius 2 is 1.97 bits per heavy atom. The number of hydrogen-bond donors (Lipinski definition) is 1. The molecule has 0 amide bonds. The zero-order valence-corrected chi connectivity index (χ0v) is 20.5. The first-order valence-electron chi connectivity index (χ1n) is 12.0. The maximum atomic E-state index is 12.8. The van der Waals surface area contributed by atoms with Crippen molar-refractivity contribution >= 4 is 28.2 Å². The minimum atomic E-state index is -0.0829. The van der Waals surface area contributed by atoms with Gasteiger partial charge in [0.25, 0.3) is 0 Å². The van der Waals surface area contributed by atoms with Crippen LogP contribution in [-0.4, -0.2) is 34.6 Å². The Kier molecular flexibility index (Phi) is 7.02. The van der Waals surface area contributed by atoms with Crippen LogP contribution in [0.25, 0.3) is 10.9 Å². The highest BCUT2D eigenvalue weighted by atomic mass is 35.5. The number of nitrogens with zero attached hydrogens (tertiary/aromatic N) is 3. The van der Waals surface area contributed by atoms with E-state index in [1.807, 2.05) is 60.8 Å². The lowest BCUT2D eigenvalue weighted by Gasteiger charge is -2.21. The number of fused-ring (bicyclic) bond motifs is 1. The molecule has 0 atom stereocenters. The van der Waals surface area contributed by atoms with Crippen molar-refractivity contribution < 1.29 is 4.74 Å². The van der Waals surface area contributed by atoms with Crippen LogP contribution in [0.5, 0.6) is 11.5 Å². The Labute approximate surface area is 210 Å². The van der Waals surface area contributed by atoms with Crippen LogP contribution >= 0.6 is 11.6 Å². The summed E-state index contributed by atoms with van der Waals surface area (Å²) in [6, 6.07) is 19.4. The smallest absolute Gasteiger partial charge is 0.224 e. The van der Waals surface area contributed by atoms with Crippen LogP contribution in [-0.2, 0) is 6.54 Å². The Bertz CT molecular complexity index is 1370. The third kappa shape index (κ3) is 5.84. The van der Waals surface area contributed by atoms with E-state index in [1.54, 1.807) is 12.3 Å². The number of anilines is 1. The lowest BCUT2D eigenvalue weighted by molar-refractivity contribution is 0.314. The van der Waals surface area contributed by atoms with Crippen molar-refractivity contribution in [3.63, 3.8) is 0 Å². The summed E-state index contributed by atoms with van der Waals surface area (Å²) in [5.74, 6) is 1.05. The standard InChI is InChI=1S/C28H29ClN4O2/c1-32(15-5-13-30-25-12-14-31-26-16-20(29)8-11-24(25)26)18-22-17-27(34)28(19-33(22)21-9-10-21)35-23-6-3-2-4-7-23/h2-4,6-8,11-12,14,16-17,19,21H,5,9-10,13,15,18H2,1H3,(H,30,31). The number of pyridine rings is 2. The summed E-state index contributed by atoms with van der Waals surface area (Å²) in [5.41, 5.74) is 2.90. The highest BCUT2D eigenvalue weighted by Crippen LogP contribution is 2.37. The summed E-state index contributed by atoms with van der Waals surface area (Å²) in [6.07, 6.45) is 6.93. The van der Waals surface area contributed by atoms with E-state index in [2.05, 4.69) is 26.8 Å². The molecule has 0 spiro atoms. The molecule has 5 rings (SSSR count). The van der Waals surface area contributed by atoms with Gasteiger partial charge in [0.05, 0.1) is 11.7 Å². The average Bonchev–Trinajstić information content (AvgIpc) is 3.69. The van der Waals surface area contributed by atoms with Crippen LogP contribution in [0.15, 0.2) is 77.9 Å². The predicted molar refractivity (Wildman–Crippen MR) is 142 cm³/mol. The minimum absolute atomic E-state index is 0.0829. The Morgan fingerprint density at radius 3 is 2.77 bits per heavy atom. The Morgan fingerprint density at radius 1 is 1.14 bits per heavy atom. The summed E-state index contributed by atoms with van der Waals surface area (Å²) < 4.78 is 8.10. The van der Waals surface area contributed by atoms with Gasteiger partial charge in [-0.05, 0) is 69.3 Å². The van der Waals surface area contributed by atoms with Crippen LogP contribution in [0.4, 0.5) is 5.69 Å². The molecule has 0 radical (unpaired) electrons. The molecule has 0 aliphatic heterocycles. The van der Waals surface area contributed by atoms with Crippen molar-refractivity contribution in [1.82, 2.24) is 14.5 Å². The van der Waals surface area contributed by atoms with Gasteiger partial charge in [0.15, 0.2) is 5.75 Å². The van der Waals surface area contributed by atoms with Gasteiger partial charge in [-0.3, -0.25) is 9.78 Å². The normalized spacial score (nSPS) is 13.3. The summed E-state index contributed by atoms with van der Waals surface area (Å²) >= 11 is 6.09. The monoisotopic (exact) mass is 488 g/mol. The van der Waals surface area contributed by atoms with Gasteiger partial charge in [0, 0.05) is 53.2 Å². The Balaban J connectivity index is 1.19. The van der Waals surface area contributed by atoms with Crippen LogP contribution in [0, 0.1) is 0 Å². The highest BCUT2D eigenvalue weighted by Gasteiger charge is 2.26. The molecule has 1 aliphatic rings. The van der Waals surface area contributed by atoms with E-state index >= 15 is 0 Å². The molecule has 0 bridgehead atoms. The molecule has 2 aromatic carbocycles. The molecule has 2 aromatic heterocycles. The molecule has 35 heavy (non-hydrogen) atoms. The summed E-state index contributed by atoms with van der Waals surface area (Å²) in [7, 11) is 2.10. The second kappa shape index (κ2) is 10.5. The van der Waals surface area contributed by atoms with E-state index in [0.717, 1.165) is 54.6 Å². The maximum absolute atomic E-state index is 12.8. The van der Waals surface area contributed by atoms with Crippen molar-refractivity contribution in [3.05, 3.63) is 94.0 Å². The van der Waals surface area contributed by atoms with Gasteiger partial charge in [0.1, 0.15) is 5.75 Å². The molecule has 1 fully saturated rings. The first-order chi connectivity index (χ1) is 17.1. The Hall–Kier alpha value is -3.35. The van der Waals surface area contributed by atoms with Crippen molar-refractivity contribution in [2.45, 2.75) is 31.8 Å². The van der Waals surface area contributed by atoms with Gasteiger partial charge in [0.2, 0.25) is 5.43 Å². The molecule has 1 N–H and O–H groups in total. The maximum Gasteiger partial charge on any atom is 0.224 e. The zero-order valence-electron chi connectivity index (χ0n) is 19.8. The minimum Gasteiger partial charge on any atom is -0.452 e. The van der Waals surface area contributed by atoms with E-state index in [0.29, 0.717) is 29.1 Å². The fourth-order valence-electron chi connectivity index (χ4n) is 4.28. The molecule has 180 valence electrons. The fraction of sp³-hybridized carbons (Fsp3) is 0.286. The molecule has 0 unspecified atom stereocenters. The first kappa shape index (κ1) is 23.4. The number of benzene rings is 2. The van der Waals surface area contributed by atoms with Crippen LogP contribution in [0.3, 0.4) is 0 Å². The third-order valence-corrected chi connectivity index (χ3v) is 6.44. The number of hydrogen-bond acceptors (Lipinski definition) is 5. The van der Waals surface area contributed by atoms with Crippen LogP contribution in [0.2, 0.25) is 5.02 Å². The molecule has 2 heterocycles. The molecule has 1 aliphatic carbocycles. The number of ether oxygens (including phenoxy) is 1. The lowest BCUT2D eigenvalue weighted by Crippen LogP contribution is -2.25. The quantitative estimate of drug-likeness (QED) is 0.273. The molecule has 7 heteroatoms. The number of nitrogens with one attached hydrogen (secondary N) is 1. The first-order valence-corrected chi connectivity index (χ1v) is 12.4. The number of halogens is 1. The molecule has 1 saturated carbocycles. The predicted octanol–water partition coefficient (Wildman–Crippen LogP) is 6.11. The second-order valence-corrected chi connectivity index (χ2v) is 9.52. The van der Waals surface area contributed by atoms with Gasteiger partial charge < -0.3 is 19.5 Å². The highest BCUT2D eigenvalue weighted by molar-refractivity contribution is 6.31. The van der Waals surface area contributed by atoms with E-state index in [1.165, 1.54) is 0 Å². The van der Waals surface area contributed by atoms with Gasteiger partial charge >= 0.3 is 0 Å². The van der Waals surface area contributed by atoms with Gasteiger partial charge in [-0.15, -0.1) is 0 Å². The zero-order chi connectivity index (χ0) is 24.2. The van der Waals surface area contributed by atoms with Gasteiger partial charge in [-0.1, -0.05) is 29.8 Å². The van der Waals surface area contributed by atoms with E-state index in [9.17, 15) is 4.79 Å². The van der Waals surface area contributed by atoms with Gasteiger partial charge in [-0.25, -0.2) is 0 Å². The SMILES string of the molecule is CN(CCCNc1ccnc2cc(Cl)ccc12)Cc1cc(=O)c(Oc2ccccc2)cn1C1CC1. The summed E-state index contributed by atoms with van der Waals surface area (Å²) in [4.78, 5) is 19.4. The number of aromatic nitrogens is 2. The molecular weight excluding hydrogens is 460 g/mol. The number of rotatable bonds is 10.